The molecule has 0 unspecified atom stereocenters. The monoisotopic (exact) mass is 325 g/mol. The molecule has 0 saturated heterocycles. The third-order valence-corrected chi connectivity index (χ3v) is 4.44. The number of hydrogen-bond donors (Lipinski definition) is 1. The maximum absolute atomic E-state index is 12.2. The minimum atomic E-state index is -0.422. The van der Waals surface area contributed by atoms with Crippen LogP contribution in [0, 0.1) is 0 Å². The largest absolute Gasteiger partial charge is 0.459 e. The molecule has 0 saturated carbocycles. The van der Waals surface area contributed by atoms with Crippen LogP contribution in [-0.2, 0) is 14.3 Å². The third-order valence-electron chi connectivity index (χ3n) is 3.44. The topological polar surface area (TPSA) is 59.0 Å². The Bertz CT molecular complexity index is 498. The molecule has 1 N–H and O–H groups in total. The van der Waals surface area contributed by atoms with Crippen LogP contribution in [0.1, 0.15) is 30.1 Å². The van der Waals surface area contributed by atoms with Gasteiger partial charge in [0.05, 0.1) is 6.61 Å². The minimum Gasteiger partial charge on any atom is -0.459 e. The van der Waals surface area contributed by atoms with E-state index in [1.54, 1.807) is 25.4 Å². The molecule has 0 spiro atoms. The lowest BCUT2D eigenvalue weighted by atomic mass is 9.99. The fourth-order valence-corrected chi connectivity index (χ4v) is 3.07. The highest BCUT2D eigenvalue weighted by atomic mass is 32.1. The van der Waals surface area contributed by atoms with Crippen molar-refractivity contribution in [3.63, 3.8) is 0 Å². The van der Waals surface area contributed by atoms with Gasteiger partial charge in [-0.2, -0.15) is 0 Å². The molecule has 0 bridgehead atoms. The highest BCUT2D eigenvalue weighted by molar-refractivity contribution is 7.10. The number of likely N-dealkylation sites (N-methyl/N-ethyl adjacent to an activating group) is 1. The number of unbranched alkanes of at least 4 members (excludes halogenated alkanes) is 1. The molecule has 2 atom stereocenters. The number of allylic oxidation sites excluding steroid dienone is 1. The van der Waals surface area contributed by atoms with E-state index >= 15 is 0 Å². The van der Waals surface area contributed by atoms with Crippen LogP contribution in [0.3, 0.4) is 0 Å². The molecule has 0 fully saturated rings. The summed E-state index contributed by atoms with van der Waals surface area (Å²) in [5, 5.41) is 10.8. The number of carbonyl (C=O) groups is 1. The molecule has 0 aliphatic carbocycles. The van der Waals surface area contributed by atoms with Gasteiger partial charge in [0.1, 0.15) is 0 Å². The molecule has 22 heavy (non-hydrogen) atoms. The summed E-state index contributed by atoms with van der Waals surface area (Å²) in [6.45, 7) is 0.683. The fourth-order valence-electron chi connectivity index (χ4n) is 2.26. The normalized spacial score (nSPS) is 21.1. The van der Waals surface area contributed by atoms with Crippen molar-refractivity contribution in [3.05, 3.63) is 34.2 Å². The summed E-state index contributed by atoms with van der Waals surface area (Å²) >= 11 is 1.67. The van der Waals surface area contributed by atoms with Crippen molar-refractivity contribution in [2.45, 2.75) is 31.5 Å². The van der Waals surface area contributed by atoms with Crippen LogP contribution in [0.25, 0.3) is 0 Å². The lowest BCUT2D eigenvalue weighted by Crippen LogP contribution is -2.32. The summed E-state index contributed by atoms with van der Waals surface area (Å²) in [7, 11) is 3.41. The number of ether oxygens (including phenoxy) is 2. The van der Waals surface area contributed by atoms with Crippen LogP contribution in [-0.4, -0.2) is 49.5 Å². The molecule has 1 aromatic rings. The molecule has 5 nitrogen and oxygen atoms in total. The molecule has 2 rings (SSSR count). The van der Waals surface area contributed by atoms with Crippen molar-refractivity contribution in [2.24, 2.45) is 0 Å². The molecule has 122 valence electrons. The first-order valence-corrected chi connectivity index (χ1v) is 8.35. The number of hydrogen-bond acceptors (Lipinski definition) is 5. The average Bonchev–Trinajstić information content (AvgIpc) is 3.05. The van der Waals surface area contributed by atoms with Crippen LogP contribution in [0.4, 0.5) is 0 Å². The van der Waals surface area contributed by atoms with Gasteiger partial charge in [-0.05, 0) is 30.4 Å². The number of thiophene rings is 1. The SMILES string of the molecule is CN(C)C(=O)C1=C[C@H](c2cccs2)C[C@H](OCCCCO)O1. The number of amides is 1. The van der Waals surface area contributed by atoms with E-state index in [0.717, 1.165) is 6.42 Å². The van der Waals surface area contributed by atoms with Gasteiger partial charge in [0.15, 0.2) is 5.76 Å². The van der Waals surface area contributed by atoms with Gasteiger partial charge in [-0.1, -0.05) is 6.07 Å². The second-order valence-corrected chi connectivity index (χ2v) is 6.42. The van der Waals surface area contributed by atoms with Crippen molar-refractivity contribution in [1.82, 2.24) is 4.90 Å². The molecular weight excluding hydrogens is 302 g/mol. The molecule has 6 heteroatoms. The van der Waals surface area contributed by atoms with E-state index in [-0.39, 0.29) is 18.4 Å². The van der Waals surface area contributed by atoms with Crippen LogP contribution in [0.15, 0.2) is 29.3 Å². The Hall–Kier alpha value is -1.37. The Morgan fingerprint density at radius 1 is 1.50 bits per heavy atom. The second kappa shape index (κ2) is 8.31. The molecule has 1 aliphatic rings. The second-order valence-electron chi connectivity index (χ2n) is 5.44. The number of carbonyl (C=O) groups excluding carboxylic acids is 1. The molecule has 1 aromatic heterocycles. The Kier molecular flexibility index (Phi) is 6.42. The van der Waals surface area contributed by atoms with Gasteiger partial charge >= 0.3 is 0 Å². The zero-order valence-electron chi connectivity index (χ0n) is 13.0. The van der Waals surface area contributed by atoms with E-state index in [4.69, 9.17) is 14.6 Å². The van der Waals surface area contributed by atoms with Crippen LogP contribution in [0.5, 0.6) is 0 Å². The molecule has 0 aromatic carbocycles. The van der Waals surface area contributed by atoms with Crippen LogP contribution >= 0.6 is 11.3 Å². The van der Waals surface area contributed by atoms with Gasteiger partial charge in [0.2, 0.25) is 6.29 Å². The Labute approximate surface area is 135 Å². The maximum atomic E-state index is 12.2. The van der Waals surface area contributed by atoms with Crippen molar-refractivity contribution < 1.29 is 19.4 Å². The van der Waals surface area contributed by atoms with E-state index in [9.17, 15) is 4.79 Å². The van der Waals surface area contributed by atoms with E-state index in [1.807, 2.05) is 17.5 Å². The molecule has 1 aliphatic heterocycles. The summed E-state index contributed by atoms with van der Waals surface area (Å²) in [6.07, 6.45) is 3.65. The predicted molar refractivity (Wildman–Crippen MR) is 85.6 cm³/mol. The highest BCUT2D eigenvalue weighted by Crippen LogP contribution is 2.34. The van der Waals surface area contributed by atoms with E-state index < -0.39 is 6.29 Å². The van der Waals surface area contributed by atoms with Crippen molar-refractivity contribution in [3.8, 4) is 0 Å². The summed E-state index contributed by atoms with van der Waals surface area (Å²) < 4.78 is 11.4. The van der Waals surface area contributed by atoms with Crippen LogP contribution < -0.4 is 0 Å². The van der Waals surface area contributed by atoms with Crippen molar-refractivity contribution in [1.29, 1.82) is 0 Å². The quantitative estimate of drug-likeness (QED) is 0.782. The van der Waals surface area contributed by atoms with Gasteiger partial charge in [0, 0.05) is 37.9 Å². The van der Waals surface area contributed by atoms with E-state index in [1.165, 1.54) is 9.78 Å². The van der Waals surface area contributed by atoms with E-state index in [2.05, 4.69) is 6.07 Å². The smallest absolute Gasteiger partial charge is 0.288 e. The maximum Gasteiger partial charge on any atom is 0.288 e. The first-order valence-electron chi connectivity index (χ1n) is 7.47. The lowest BCUT2D eigenvalue weighted by Gasteiger charge is -2.29. The summed E-state index contributed by atoms with van der Waals surface area (Å²) in [6, 6.07) is 4.07. The van der Waals surface area contributed by atoms with Gasteiger partial charge in [0.25, 0.3) is 5.91 Å². The summed E-state index contributed by atoms with van der Waals surface area (Å²) in [4.78, 5) is 14.9. The zero-order valence-corrected chi connectivity index (χ0v) is 13.8. The predicted octanol–water partition coefficient (Wildman–Crippen LogP) is 2.34. The van der Waals surface area contributed by atoms with Crippen LogP contribution in [0.2, 0.25) is 0 Å². The number of rotatable bonds is 7. The zero-order chi connectivity index (χ0) is 15.9. The fraction of sp³-hybridized carbons (Fsp3) is 0.562. The Balaban J connectivity index is 2.06. The van der Waals surface area contributed by atoms with Gasteiger partial charge in [-0.25, -0.2) is 0 Å². The minimum absolute atomic E-state index is 0.135. The first-order chi connectivity index (χ1) is 10.6. The molecule has 2 heterocycles. The third kappa shape index (κ3) is 4.56. The molecular formula is C16H23NO4S. The van der Waals surface area contributed by atoms with Gasteiger partial charge in [-0.15, -0.1) is 11.3 Å². The lowest BCUT2D eigenvalue weighted by molar-refractivity contribution is -0.151. The molecule has 1 amide bonds. The highest BCUT2D eigenvalue weighted by Gasteiger charge is 2.29. The average molecular weight is 325 g/mol. The number of aliphatic hydroxyl groups excluding tert-OH is 1. The first kappa shape index (κ1) is 17.0. The van der Waals surface area contributed by atoms with Gasteiger partial charge in [-0.3, -0.25) is 4.79 Å². The summed E-state index contributed by atoms with van der Waals surface area (Å²) in [5.74, 6) is 0.336. The Morgan fingerprint density at radius 3 is 2.95 bits per heavy atom. The standard InChI is InChI=1S/C16H23NO4S/c1-17(2)16(19)13-10-12(14-6-5-9-22-14)11-15(21-13)20-8-4-3-7-18/h5-6,9-10,12,15,18H,3-4,7-8,11H2,1-2H3/t12-,15+/m0/s1. The Morgan fingerprint density at radius 2 is 2.32 bits per heavy atom. The molecule has 0 radical (unpaired) electrons. The number of nitrogens with zero attached hydrogens (tertiary/aromatic N) is 1. The van der Waals surface area contributed by atoms with Crippen molar-refractivity contribution in [2.75, 3.05) is 27.3 Å². The van der Waals surface area contributed by atoms with Crippen molar-refractivity contribution >= 4 is 17.2 Å². The number of aliphatic hydroxyl groups is 1. The summed E-state index contributed by atoms with van der Waals surface area (Å²) in [5.41, 5.74) is 0. The van der Waals surface area contributed by atoms with E-state index in [0.29, 0.717) is 25.2 Å². The van der Waals surface area contributed by atoms with Gasteiger partial charge < -0.3 is 19.5 Å².